The number of ether oxygens (including phenoxy) is 1. The topological polar surface area (TPSA) is 41.5 Å². The maximum absolute atomic E-state index is 13.4. The Morgan fingerprint density at radius 1 is 1.24 bits per heavy atom. The summed E-state index contributed by atoms with van der Waals surface area (Å²) < 4.78 is 32.1. The maximum atomic E-state index is 13.4. The van der Waals surface area contributed by atoms with Crippen LogP contribution in [0.5, 0.6) is 0 Å². The van der Waals surface area contributed by atoms with Gasteiger partial charge >= 0.3 is 0 Å². The lowest BCUT2D eigenvalue weighted by Gasteiger charge is -2.23. The first-order valence-corrected chi connectivity index (χ1v) is 7.59. The van der Waals surface area contributed by atoms with Crippen molar-refractivity contribution in [2.45, 2.75) is 50.9 Å². The Hall–Kier alpha value is -1.04. The fourth-order valence-corrected chi connectivity index (χ4v) is 2.59. The van der Waals surface area contributed by atoms with E-state index in [1.54, 1.807) is 0 Å². The van der Waals surface area contributed by atoms with Crippen molar-refractivity contribution in [1.29, 1.82) is 0 Å². The fraction of sp³-hybridized carbons (Fsp3) is 0.625. The average molecular weight is 299 g/mol. The molecule has 1 aliphatic carbocycles. The van der Waals surface area contributed by atoms with Gasteiger partial charge in [0.15, 0.2) is 0 Å². The summed E-state index contributed by atoms with van der Waals surface area (Å²) in [5.41, 5.74) is 0.260. The van der Waals surface area contributed by atoms with Crippen molar-refractivity contribution in [3.63, 3.8) is 0 Å². The van der Waals surface area contributed by atoms with Crippen LogP contribution in [-0.2, 0) is 11.3 Å². The second-order valence-electron chi connectivity index (χ2n) is 5.61. The monoisotopic (exact) mass is 299 g/mol. The summed E-state index contributed by atoms with van der Waals surface area (Å²) in [5, 5.41) is 12.7. The van der Waals surface area contributed by atoms with Gasteiger partial charge in [0.05, 0.1) is 18.8 Å². The molecule has 0 heterocycles. The van der Waals surface area contributed by atoms with E-state index >= 15 is 0 Å². The molecule has 0 bridgehead atoms. The lowest BCUT2D eigenvalue weighted by atomic mass is 9.98. The highest BCUT2D eigenvalue weighted by molar-refractivity contribution is 5.18. The third-order valence-electron chi connectivity index (χ3n) is 3.78. The van der Waals surface area contributed by atoms with Crippen molar-refractivity contribution in [3.05, 3.63) is 35.4 Å². The summed E-state index contributed by atoms with van der Waals surface area (Å²) in [6.45, 7) is 0.760. The third kappa shape index (κ3) is 5.69. The lowest BCUT2D eigenvalue weighted by molar-refractivity contribution is -0.0230. The molecule has 1 aromatic carbocycles. The van der Waals surface area contributed by atoms with E-state index in [1.807, 2.05) is 0 Å². The van der Waals surface area contributed by atoms with Crippen LogP contribution in [0.1, 0.15) is 37.7 Å². The Kier molecular flexibility index (Phi) is 6.54. The van der Waals surface area contributed by atoms with Gasteiger partial charge in [-0.25, -0.2) is 8.78 Å². The molecule has 0 radical (unpaired) electrons. The Morgan fingerprint density at radius 2 is 2.00 bits per heavy atom. The first kappa shape index (κ1) is 16.3. The molecule has 1 aliphatic rings. The van der Waals surface area contributed by atoms with Crippen LogP contribution in [0.2, 0.25) is 0 Å². The Bertz CT molecular complexity index is 436. The van der Waals surface area contributed by atoms with E-state index in [0.29, 0.717) is 6.54 Å². The molecule has 1 aromatic rings. The molecule has 118 valence electrons. The van der Waals surface area contributed by atoms with Gasteiger partial charge in [0, 0.05) is 18.7 Å². The van der Waals surface area contributed by atoms with Crippen LogP contribution in [0.15, 0.2) is 18.2 Å². The molecule has 1 fully saturated rings. The van der Waals surface area contributed by atoms with E-state index in [4.69, 9.17) is 4.74 Å². The number of benzene rings is 1. The quantitative estimate of drug-likeness (QED) is 0.813. The van der Waals surface area contributed by atoms with Gasteiger partial charge in [-0.05, 0) is 31.0 Å². The van der Waals surface area contributed by atoms with Crippen LogP contribution in [0, 0.1) is 11.6 Å². The zero-order valence-electron chi connectivity index (χ0n) is 12.2. The van der Waals surface area contributed by atoms with Gasteiger partial charge in [-0.2, -0.15) is 0 Å². The molecular weight excluding hydrogens is 276 g/mol. The van der Waals surface area contributed by atoms with Crippen molar-refractivity contribution in [1.82, 2.24) is 5.32 Å². The molecule has 5 heteroatoms. The van der Waals surface area contributed by atoms with E-state index < -0.39 is 17.7 Å². The van der Waals surface area contributed by atoms with Crippen molar-refractivity contribution in [2.24, 2.45) is 0 Å². The molecule has 0 aliphatic heterocycles. The third-order valence-corrected chi connectivity index (χ3v) is 3.78. The van der Waals surface area contributed by atoms with E-state index in [1.165, 1.54) is 19.3 Å². The van der Waals surface area contributed by atoms with Gasteiger partial charge in [-0.1, -0.05) is 19.3 Å². The fourth-order valence-electron chi connectivity index (χ4n) is 2.59. The van der Waals surface area contributed by atoms with Crippen LogP contribution in [0.4, 0.5) is 8.78 Å². The van der Waals surface area contributed by atoms with Gasteiger partial charge < -0.3 is 15.2 Å². The molecular formula is C16H23F2NO2. The highest BCUT2D eigenvalue weighted by Gasteiger charge is 2.15. The minimum Gasteiger partial charge on any atom is -0.389 e. The Balaban J connectivity index is 1.64. The highest BCUT2D eigenvalue weighted by atomic mass is 19.1. The molecule has 3 nitrogen and oxygen atoms in total. The highest BCUT2D eigenvalue weighted by Crippen LogP contribution is 2.20. The predicted octanol–water partition coefficient (Wildman–Crippen LogP) is 2.76. The van der Waals surface area contributed by atoms with Crippen LogP contribution in [0.25, 0.3) is 0 Å². The molecule has 2 N–H and O–H groups in total. The molecule has 0 spiro atoms. The molecule has 0 amide bonds. The van der Waals surface area contributed by atoms with Gasteiger partial charge in [-0.3, -0.25) is 0 Å². The molecule has 1 saturated carbocycles. The van der Waals surface area contributed by atoms with Crippen LogP contribution in [-0.4, -0.2) is 30.5 Å². The first-order valence-electron chi connectivity index (χ1n) is 7.59. The van der Waals surface area contributed by atoms with Gasteiger partial charge in [-0.15, -0.1) is 0 Å². The SMILES string of the molecule is OC(CNCc1cc(F)ccc1F)COC1CCCCC1. The Labute approximate surface area is 124 Å². The van der Waals surface area contributed by atoms with Crippen LogP contribution in [0.3, 0.4) is 0 Å². The maximum Gasteiger partial charge on any atom is 0.127 e. The van der Waals surface area contributed by atoms with Gasteiger partial charge in [0.25, 0.3) is 0 Å². The zero-order valence-corrected chi connectivity index (χ0v) is 12.2. The number of aliphatic hydroxyl groups excluding tert-OH is 1. The van der Waals surface area contributed by atoms with Gasteiger partial charge in [0.2, 0.25) is 0 Å². The number of hydrogen-bond acceptors (Lipinski definition) is 3. The van der Waals surface area contributed by atoms with Gasteiger partial charge in [0.1, 0.15) is 11.6 Å². The van der Waals surface area contributed by atoms with Crippen molar-refractivity contribution in [2.75, 3.05) is 13.2 Å². The largest absolute Gasteiger partial charge is 0.389 e. The number of hydrogen-bond donors (Lipinski definition) is 2. The smallest absolute Gasteiger partial charge is 0.127 e. The Morgan fingerprint density at radius 3 is 2.76 bits per heavy atom. The summed E-state index contributed by atoms with van der Waals surface area (Å²) in [7, 11) is 0. The molecule has 21 heavy (non-hydrogen) atoms. The second-order valence-corrected chi connectivity index (χ2v) is 5.61. The minimum absolute atomic E-state index is 0.185. The van der Waals surface area contributed by atoms with Crippen molar-refractivity contribution in [3.8, 4) is 0 Å². The van der Waals surface area contributed by atoms with E-state index in [2.05, 4.69) is 5.32 Å². The standard InChI is InChI=1S/C16H23F2NO2/c17-13-6-7-16(18)12(8-13)9-19-10-14(20)11-21-15-4-2-1-3-5-15/h6-8,14-15,19-20H,1-5,9-11H2. The summed E-state index contributed by atoms with van der Waals surface area (Å²) in [5.74, 6) is -0.911. The van der Waals surface area contributed by atoms with Crippen molar-refractivity contribution < 1.29 is 18.6 Å². The van der Waals surface area contributed by atoms with E-state index in [0.717, 1.165) is 31.0 Å². The molecule has 1 unspecified atom stereocenters. The normalized spacial score (nSPS) is 17.9. The molecule has 1 atom stereocenters. The molecule has 2 rings (SSSR count). The molecule has 0 aromatic heterocycles. The predicted molar refractivity (Wildman–Crippen MR) is 76.9 cm³/mol. The number of halogens is 2. The molecule has 0 saturated heterocycles. The van der Waals surface area contributed by atoms with Crippen LogP contribution < -0.4 is 5.32 Å². The number of rotatable bonds is 7. The summed E-state index contributed by atoms with van der Waals surface area (Å²) in [6.07, 6.45) is 5.40. The minimum atomic E-state index is -0.636. The first-order chi connectivity index (χ1) is 10.1. The summed E-state index contributed by atoms with van der Waals surface area (Å²) >= 11 is 0. The summed E-state index contributed by atoms with van der Waals surface area (Å²) in [4.78, 5) is 0. The summed E-state index contributed by atoms with van der Waals surface area (Å²) in [6, 6.07) is 3.36. The van der Waals surface area contributed by atoms with E-state index in [-0.39, 0.29) is 24.8 Å². The average Bonchev–Trinajstić information content (AvgIpc) is 2.50. The lowest BCUT2D eigenvalue weighted by Crippen LogP contribution is -2.32. The van der Waals surface area contributed by atoms with Crippen molar-refractivity contribution >= 4 is 0 Å². The zero-order chi connectivity index (χ0) is 15.1. The number of nitrogens with one attached hydrogen (secondary N) is 1. The second kappa shape index (κ2) is 8.41. The van der Waals surface area contributed by atoms with Crippen LogP contribution >= 0.6 is 0 Å². The van der Waals surface area contributed by atoms with E-state index in [9.17, 15) is 13.9 Å². The number of aliphatic hydroxyl groups is 1.